The molecule has 1 aliphatic rings. The minimum absolute atomic E-state index is 0.146. The van der Waals surface area contributed by atoms with Gasteiger partial charge in [-0.2, -0.15) is 10.1 Å². The highest BCUT2D eigenvalue weighted by Crippen LogP contribution is 2.31. The zero-order valence-corrected chi connectivity index (χ0v) is 16.0. The van der Waals surface area contributed by atoms with Gasteiger partial charge in [0, 0.05) is 6.07 Å². The molecule has 0 atom stereocenters. The topological polar surface area (TPSA) is 132 Å². The Morgan fingerprint density at radius 1 is 1.14 bits per heavy atom. The van der Waals surface area contributed by atoms with Crippen molar-refractivity contribution in [2.24, 2.45) is 5.10 Å². The zero-order valence-electron chi connectivity index (χ0n) is 14.3. The largest absolute Gasteiger partial charge is 0.433 e. The van der Waals surface area contributed by atoms with Gasteiger partial charge in [-0.25, -0.2) is 0 Å². The van der Waals surface area contributed by atoms with Gasteiger partial charge in [-0.3, -0.25) is 25.0 Å². The van der Waals surface area contributed by atoms with Gasteiger partial charge in [0.15, 0.2) is 4.32 Å². The number of rotatable bonds is 6. The van der Waals surface area contributed by atoms with Gasteiger partial charge in [-0.15, -0.1) is 0 Å². The van der Waals surface area contributed by atoms with Crippen molar-refractivity contribution < 1.29 is 19.1 Å². The Balaban J connectivity index is 1.74. The van der Waals surface area contributed by atoms with E-state index in [1.165, 1.54) is 54.8 Å². The van der Waals surface area contributed by atoms with E-state index in [-0.39, 0.29) is 32.1 Å². The van der Waals surface area contributed by atoms with E-state index < -0.39 is 15.8 Å². The number of para-hydroxylation sites is 1. The van der Waals surface area contributed by atoms with Crippen LogP contribution in [0.25, 0.3) is 6.08 Å². The molecular formula is C17H10N4O6S2. The van der Waals surface area contributed by atoms with Crippen LogP contribution in [-0.2, 0) is 4.79 Å². The highest BCUT2D eigenvalue weighted by atomic mass is 32.2. The summed E-state index contributed by atoms with van der Waals surface area (Å²) in [7, 11) is 0. The molecule has 0 aliphatic carbocycles. The van der Waals surface area contributed by atoms with Crippen molar-refractivity contribution >= 4 is 58.1 Å². The van der Waals surface area contributed by atoms with Crippen molar-refractivity contribution in [2.75, 3.05) is 0 Å². The van der Waals surface area contributed by atoms with Gasteiger partial charge >= 0.3 is 5.88 Å². The number of carbonyl (C=O) groups excluding carboxylic acids is 1. The standard InChI is InChI=1S/C17H10N4O6S2/c22-16-14(7-3-5-12-8-9-15(27-12)21(25)26)29-17(28)19(16)18-10-11-4-1-2-6-13(11)20(23)24/h1-10H/b5-3+,14-7+,18-10+. The van der Waals surface area contributed by atoms with Crippen LogP contribution in [0.2, 0.25) is 0 Å². The van der Waals surface area contributed by atoms with Crippen LogP contribution >= 0.6 is 24.0 Å². The number of hydrogen-bond donors (Lipinski definition) is 0. The Kier molecular flexibility index (Phi) is 5.95. The van der Waals surface area contributed by atoms with Gasteiger partial charge in [0.05, 0.1) is 27.7 Å². The maximum Gasteiger partial charge on any atom is 0.433 e. The molecule has 1 aliphatic heterocycles. The lowest BCUT2D eigenvalue weighted by Gasteiger charge is -2.06. The number of hydrazone groups is 1. The number of thiocarbonyl (C=S) groups is 1. The Bertz CT molecular complexity index is 1100. The fraction of sp³-hybridized carbons (Fsp3) is 0. The molecule has 0 bridgehead atoms. The molecule has 12 heteroatoms. The molecule has 10 nitrogen and oxygen atoms in total. The minimum Gasteiger partial charge on any atom is -0.401 e. The Labute approximate surface area is 172 Å². The first-order chi connectivity index (χ1) is 13.9. The fourth-order valence-corrected chi connectivity index (χ4v) is 3.34. The molecule has 0 radical (unpaired) electrons. The van der Waals surface area contributed by atoms with Crippen LogP contribution in [0, 0.1) is 20.2 Å². The fourth-order valence-electron chi connectivity index (χ4n) is 2.22. The molecule has 1 aromatic carbocycles. The molecule has 0 saturated carbocycles. The van der Waals surface area contributed by atoms with E-state index in [2.05, 4.69) is 5.10 Å². The number of nitro groups is 2. The molecule has 1 aromatic heterocycles. The second-order valence-corrected chi connectivity index (χ2v) is 7.04. The minimum atomic E-state index is -0.655. The van der Waals surface area contributed by atoms with Crippen molar-refractivity contribution in [2.45, 2.75) is 0 Å². The number of nitrogens with zero attached hydrogens (tertiary/aromatic N) is 4. The number of thioether (sulfide) groups is 1. The molecule has 2 heterocycles. The van der Waals surface area contributed by atoms with Crippen LogP contribution in [0.3, 0.4) is 0 Å². The maximum atomic E-state index is 12.4. The molecule has 1 amide bonds. The quantitative estimate of drug-likeness (QED) is 0.222. The van der Waals surface area contributed by atoms with E-state index in [1.807, 2.05) is 0 Å². The average molecular weight is 430 g/mol. The predicted octanol–water partition coefficient (Wildman–Crippen LogP) is 3.89. The van der Waals surface area contributed by atoms with E-state index in [1.54, 1.807) is 6.07 Å². The highest BCUT2D eigenvalue weighted by molar-refractivity contribution is 8.26. The maximum absolute atomic E-state index is 12.4. The zero-order chi connectivity index (χ0) is 21.0. The molecular weight excluding hydrogens is 420 g/mol. The number of carbonyl (C=O) groups is 1. The summed E-state index contributed by atoms with van der Waals surface area (Å²) in [5, 5.41) is 26.6. The van der Waals surface area contributed by atoms with E-state index in [0.29, 0.717) is 0 Å². The molecule has 0 N–H and O–H groups in total. The predicted molar refractivity (Wildman–Crippen MR) is 110 cm³/mol. The third kappa shape index (κ3) is 4.62. The van der Waals surface area contributed by atoms with Crippen molar-refractivity contribution in [3.05, 3.63) is 85.0 Å². The second kappa shape index (κ2) is 8.58. The summed E-state index contributed by atoms with van der Waals surface area (Å²) < 4.78 is 5.14. The SMILES string of the molecule is O=C1/C(=C\C=C\c2ccc([N+](=O)[O-])o2)SC(=S)N1/N=C/c1ccccc1[N+](=O)[O-]. The lowest BCUT2D eigenvalue weighted by molar-refractivity contribution is -0.402. The van der Waals surface area contributed by atoms with Crippen molar-refractivity contribution in [3.8, 4) is 0 Å². The summed E-state index contributed by atoms with van der Waals surface area (Å²) in [5.74, 6) is -0.636. The number of furan rings is 1. The first-order valence-corrected chi connectivity index (χ1v) is 9.05. The lowest BCUT2D eigenvalue weighted by Crippen LogP contribution is -2.22. The van der Waals surface area contributed by atoms with E-state index in [9.17, 15) is 25.0 Å². The molecule has 146 valence electrons. The van der Waals surface area contributed by atoms with Gasteiger partial charge in [0.25, 0.3) is 11.6 Å². The van der Waals surface area contributed by atoms with E-state index in [4.69, 9.17) is 16.6 Å². The number of hydrogen-bond acceptors (Lipinski definition) is 9. The molecule has 3 rings (SSSR count). The summed E-state index contributed by atoms with van der Waals surface area (Å²) in [6.45, 7) is 0. The Hall–Kier alpha value is -3.64. The van der Waals surface area contributed by atoms with Crippen LogP contribution in [-0.4, -0.2) is 31.3 Å². The third-order valence-electron chi connectivity index (χ3n) is 3.52. The van der Waals surface area contributed by atoms with Crippen LogP contribution in [0.5, 0.6) is 0 Å². The molecule has 2 aromatic rings. The van der Waals surface area contributed by atoms with Crippen LogP contribution in [0.15, 0.2) is 63.0 Å². The molecule has 0 spiro atoms. The Morgan fingerprint density at radius 2 is 1.90 bits per heavy atom. The van der Waals surface area contributed by atoms with Crippen LogP contribution < -0.4 is 0 Å². The first-order valence-electron chi connectivity index (χ1n) is 7.83. The smallest absolute Gasteiger partial charge is 0.401 e. The van der Waals surface area contributed by atoms with Crippen molar-refractivity contribution in [1.82, 2.24) is 5.01 Å². The normalized spacial score (nSPS) is 15.9. The van der Waals surface area contributed by atoms with Gasteiger partial charge in [-0.1, -0.05) is 30.0 Å². The van der Waals surface area contributed by atoms with Crippen LogP contribution in [0.1, 0.15) is 11.3 Å². The first kappa shape index (κ1) is 20.1. The van der Waals surface area contributed by atoms with Gasteiger partial charge in [0.2, 0.25) is 0 Å². The summed E-state index contributed by atoms with van der Waals surface area (Å²) in [6.07, 6.45) is 5.61. The van der Waals surface area contributed by atoms with Gasteiger partial charge < -0.3 is 4.42 Å². The average Bonchev–Trinajstić information content (AvgIpc) is 3.26. The van der Waals surface area contributed by atoms with E-state index >= 15 is 0 Å². The third-order valence-corrected chi connectivity index (χ3v) is 4.82. The molecule has 1 fully saturated rings. The number of allylic oxidation sites excluding steroid dienone is 2. The monoisotopic (exact) mass is 430 g/mol. The number of amides is 1. The van der Waals surface area contributed by atoms with Gasteiger partial charge in [0.1, 0.15) is 10.7 Å². The summed E-state index contributed by atoms with van der Waals surface area (Å²) in [6, 6.07) is 8.61. The molecule has 29 heavy (non-hydrogen) atoms. The Morgan fingerprint density at radius 3 is 2.59 bits per heavy atom. The number of benzene rings is 1. The summed E-state index contributed by atoms with van der Waals surface area (Å²) in [4.78, 5) is 33.2. The van der Waals surface area contributed by atoms with Crippen molar-refractivity contribution in [3.63, 3.8) is 0 Å². The molecule has 0 unspecified atom stereocenters. The molecule has 1 saturated heterocycles. The van der Waals surface area contributed by atoms with Gasteiger partial charge in [-0.05, 0) is 36.5 Å². The summed E-state index contributed by atoms with van der Waals surface area (Å²) in [5.41, 5.74) is 0.0857. The van der Waals surface area contributed by atoms with E-state index in [0.717, 1.165) is 16.8 Å². The summed E-state index contributed by atoms with van der Waals surface area (Å²) >= 11 is 6.14. The number of nitro benzene ring substituents is 1. The van der Waals surface area contributed by atoms with Crippen LogP contribution in [0.4, 0.5) is 11.6 Å². The lowest BCUT2D eigenvalue weighted by atomic mass is 10.2. The highest BCUT2D eigenvalue weighted by Gasteiger charge is 2.31. The van der Waals surface area contributed by atoms with Crippen molar-refractivity contribution in [1.29, 1.82) is 0 Å². The second-order valence-electron chi connectivity index (χ2n) is 5.37.